The first-order chi connectivity index (χ1) is 9.65. The number of hydrogen-bond acceptors (Lipinski definition) is 3. The molecule has 0 radical (unpaired) electrons. The number of rotatable bonds is 5. The van der Waals surface area contributed by atoms with Gasteiger partial charge in [0.25, 0.3) is 0 Å². The summed E-state index contributed by atoms with van der Waals surface area (Å²) >= 11 is 0. The van der Waals surface area contributed by atoms with Crippen LogP contribution in [-0.4, -0.2) is 19.7 Å². The van der Waals surface area contributed by atoms with Crippen LogP contribution in [0.25, 0.3) is 0 Å². The molecular formula is C16H17O3P. The van der Waals surface area contributed by atoms with Gasteiger partial charge >= 0.3 is 0 Å². The summed E-state index contributed by atoms with van der Waals surface area (Å²) in [5.41, 5.74) is 1.71. The highest BCUT2D eigenvalue weighted by Gasteiger charge is 2.18. The van der Waals surface area contributed by atoms with Crippen LogP contribution in [0.5, 0.6) is 11.5 Å². The van der Waals surface area contributed by atoms with Gasteiger partial charge < -0.3 is 9.47 Å². The minimum Gasteiger partial charge on any atom is -0.496 e. The Morgan fingerprint density at radius 3 is 2.00 bits per heavy atom. The van der Waals surface area contributed by atoms with Crippen molar-refractivity contribution in [1.82, 2.24) is 0 Å². The van der Waals surface area contributed by atoms with Gasteiger partial charge in [-0.05, 0) is 32.9 Å². The van der Waals surface area contributed by atoms with Crippen LogP contribution in [0.4, 0.5) is 0 Å². The van der Waals surface area contributed by atoms with E-state index in [4.69, 9.17) is 9.47 Å². The fourth-order valence-electron chi connectivity index (χ4n) is 1.91. The van der Waals surface area contributed by atoms with E-state index in [-0.39, 0.29) is 14.1 Å². The highest BCUT2D eigenvalue weighted by molar-refractivity contribution is 7.66. The average Bonchev–Trinajstić information content (AvgIpc) is 2.48. The molecule has 0 spiro atoms. The van der Waals surface area contributed by atoms with Crippen molar-refractivity contribution in [3.63, 3.8) is 0 Å². The molecule has 4 heteroatoms. The lowest BCUT2D eigenvalue weighted by Crippen LogP contribution is -2.05. The Morgan fingerprint density at radius 1 is 0.950 bits per heavy atom. The van der Waals surface area contributed by atoms with Crippen molar-refractivity contribution in [2.45, 2.75) is 6.92 Å². The van der Waals surface area contributed by atoms with Crippen LogP contribution in [0, 0.1) is 6.92 Å². The van der Waals surface area contributed by atoms with Gasteiger partial charge in [-0.2, -0.15) is 0 Å². The number of ether oxygens (including phenoxy) is 2. The van der Waals surface area contributed by atoms with Crippen LogP contribution in [0.3, 0.4) is 0 Å². The summed E-state index contributed by atoms with van der Waals surface area (Å²) in [6.45, 7) is 2.03. The lowest BCUT2D eigenvalue weighted by Gasteiger charge is -2.12. The van der Waals surface area contributed by atoms with E-state index in [1.54, 1.807) is 26.4 Å². The van der Waals surface area contributed by atoms with E-state index in [0.717, 1.165) is 5.30 Å². The van der Waals surface area contributed by atoms with Gasteiger partial charge in [0.2, 0.25) is 0 Å². The number of hydrogen-bond donors (Lipinski definition) is 0. The highest BCUT2D eigenvalue weighted by Crippen LogP contribution is 2.33. The molecule has 1 unspecified atom stereocenters. The number of methoxy groups -OCH3 is 2. The standard InChI is InChI=1S/C16H17O3P/c1-11-7-9-12(10-8-11)20-16(17)15-13(18-2)5-4-6-14(15)19-3/h4-10,20H,1-3H3. The lowest BCUT2D eigenvalue weighted by atomic mass is 10.2. The zero-order valence-corrected chi connectivity index (χ0v) is 12.8. The van der Waals surface area contributed by atoms with Crippen molar-refractivity contribution < 1.29 is 14.3 Å². The number of aryl methyl sites for hydroxylation is 1. The van der Waals surface area contributed by atoms with Crippen molar-refractivity contribution >= 4 is 19.4 Å². The Morgan fingerprint density at radius 2 is 1.50 bits per heavy atom. The van der Waals surface area contributed by atoms with E-state index in [1.807, 2.05) is 37.3 Å². The molecule has 0 heterocycles. The Hall–Kier alpha value is -1.86. The topological polar surface area (TPSA) is 35.5 Å². The van der Waals surface area contributed by atoms with Crippen LogP contribution in [0.1, 0.15) is 15.9 Å². The average molecular weight is 288 g/mol. The fourth-order valence-corrected chi connectivity index (χ4v) is 2.87. The minimum atomic E-state index is 0.0168. The van der Waals surface area contributed by atoms with E-state index >= 15 is 0 Å². The molecule has 0 N–H and O–H groups in total. The van der Waals surface area contributed by atoms with Gasteiger partial charge in [-0.3, -0.25) is 4.79 Å². The van der Waals surface area contributed by atoms with Crippen molar-refractivity contribution in [3.8, 4) is 11.5 Å². The van der Waals surface area contributed by atoms with Gasteiger partial charge in [0.1, 0.15) is 17.1 Å². The van der Waals surface area contributed by atoms with Crippen LogP contribution in [0.2, 0.25) is 0 Å². The molecule has 0 saturated carbocycles. The zero-order chi connectivity index (χ0) is 14.5. The molecule has 0 aliphatic rings. The molecule has 0 amide bonds. The summed E-state index contributed by atoms with van der Waals surface area (Å²) in [6, 6.07) is 13.3. The largest absolute Gasteiger partial charge is 0.496 e. The van der Waals surface area contributed by atoms with E-state index < -0.39 is 0 Å². The molecule has 3 nitrogen and oxygen atoms in total. The number of carbonyl (C=O) groups is 1. The van der Waals surface area contributed by atoms with Crippen molar-refractivity contribution in [2.75, 3.05) is 14.2 Å². The van der Waals surface area contributed by atoms with Gasteiger partial charge in [-0.1, -0.05) is 35.9 Å². The SMILES string of the molecule is COc1cccc(OC)c1C(=O)Pc1ccc(C)cc1. The molecular weight excluding hydrogens is 271 g/mol. The molecule has 2 rings (SSSR count). The van der Waals surface area contributed by atoms with Crippen LogP contribution in [0.15, 0.2) is 42.5 Å². The zero-order valence-electron chi connectivity index (χ0n) is 11.8. The van der Waals surface area contributed by atoms with Crippen LogP contribution < -0.4 is 14.8 Å². The molecule has 2 aromatic carbocycles. The lowest BCUT2D eigenvalue weighted by molar-refractivity contribution is 0.108. The normalized spacial score (nSPS) is 10.8. The van der Waals surface area contributed by atoms with Crippen LogP contribution >= 0.6 is 8.58 Å². The van der Waals surface area contributed by atoms with Crippen molar-refractivity contribution in [3.05, 3.63) is 53.6 Å². The summed E-state index contributed by atoms with van der Waals surface area (Å²) in [4.78, 5) is 12.5. The molecule has 0 saturated heterocycles. The fraction of sp³-hybridized carbons (Fsp3) is 0.188. The molecule has 0 bridgehead atoms. The van der Waals surface area contributed by atoms with E-state index in [9.17, 15) is 4.79 Å². The third-order valence-electron chi connectivity index (χ3n) is 2.96. The predicted molar refractivity (Wildman–Crippen MR) is 83.0 cm³/mol. The molecule has 0 aliphatic carbocycles. The Bertz CT molecular complexity index is 583. The summed E-state index contributed by atoms with van der Waals surface area (Å²) < 4.78 is 10.5. The van der Waals surface area contributed by atoms with Gasteiger partial charge in [0, 0.05) is 0 Å². The van der Waals surface area contributed by atoms with E-state index in [2.05, 4.69) is 0 Å². The first kappa shape index (κ1) is 14.5. The van der Waals surface area contributed by atoms with Gasteiger partial charge in [0.05, 0.1) is 14.2 Å². The third kappa shape index (κ3) is 3.17. The third-order valence-corrected chi connectivity index (χ3v) is 4.06. The monoisotopic (exact) mass is 288 g/mol. The van der Waals surface area contributed by atoms with Gasteiger partial charge in [0.15, 0.2) is 5.52 Å². The predicted octanol–water partition coefficient (Wildman–Crippen LogP) is 3.16. The molecule has 104 valence electrons. The Labute approximate surface area is 120 Å². The van der Waals surface area contributed by atoms with Gasteiger partial charge in [-0.15, -0.1) is 0 Å². The first-order valence-corrected chi connectivity index (χ1v) is 7.24. The first-order valence-electron chi connectivity index (χ1n) is 6.24. The molecule has 20 heavy (non-hydrogen) atoms. The summed E-state index contributed by atoms with van der Waals surface area (Å²) in [5, 5.41) is 1.01. The maximum absolute atomic E-state index is 12.5. The number of benzene rings is 2. The number of carbonyl (C=O) groups excluding carboxylic acids is 1. The molecule has 1 atom stereocenters. The molecule has 0 fully saturated rings. The summed E-state index contributed by atoms with van der Waals surface area (Å²) in [6.07, 6.45) is 0. The second-order valence-corrected chi connectivity index (χ2v) is 5.64. The second kappa shape index (κ2) is 6.53. The Balaban J connectivity index is 2.31. The second-order valence-electron chi connectivity index (χ2n) is 4.36. The molecule has 0 aliphatic heterocycles. The van der Waals surface area contributed by atoms with Crippen LogP contribution in [-0.2, 0) is 0 Å². The maximum Gasteiger partial charge on any atom is 0.193 e. The summed E-state index contributed by atoms with van der Waals surface area (Å²) in [7, 11) is 3.16. The van der Waals surface area contributed by atoms with Gasteiger partial charge in [-0.25, -0.2) is 0 Å². The summed E-state index contributed by atoms with van der Waals surface area (Å²) in [5.74, 6) is 1.10. The molecule has 0 aromatic heterocycles. The smallest absolute Gasteiger partial charge is 0.193 e. The molecule has 2 aromatic rings. The quantitative estimate of drug-likeness (QED) is 0.793. The van der Waals surface area contributed by atoms with Crippen molar-refractivity contribution in [2.24, 2.45) is 0 Å². The Kier molecular flexibility index (Phi) is 4.75. The highest BCUT2D eigenvalue weighted by atomic mass is 31.1. The minimum absolute atomic E-state index is 0.0168. The van der Waals surface area contributed by atoms with E-state index in [0.29, 0.717) is 17.1 Å². The van der Waals surface area contributed by atoms with Crippen molar-refractivity contribution in [1.29, 1.82) is 0 Å². The van der Waals surface area contributed by atoms with E-state index in [1.165, 1.54) is 5.56 Å². The maximum atomic E-state index is 12.5.